The lowest BCUT2D eigenvalue weighted by molar-refractivity contribution is 0.0911. The molecule has 2 saturated carbocycles. The van der Waals surface area contributed by atoms with Crippen molar-refractivity contribution in [1.29, 1.82) is 0 Å². The lowest BCUT2D eigenvalue weighted by Crippen LogP contribution is -2.43. The molecule has 4 aromatic carbocycles. The van der Waals surface area contributed by atoms with Gasteiger partial charge in [-0.1, -0.05) is 174 Å². The highest BCUT2D eigenvalue weighted by atomic mass is 35.5. The molecule has 2 amide bonds. The van der Waals surface area contributed by atoms with Crippen molar-refractivity contribution in [3.05, 3.63) is 140 Å². The lowest BCUT2D eigenvalue weighted by Gasteiger charge is -2.38. The first-order valence-corrected chi connectivity index (χ1v) is 28.6. The molecule has 0 aliphatic heterocycles. The minimum absolute atomic E-state index is 0.0765. The van der Waals surface area contributed by atoms with Crippen LogP contribution in [0.15, 0.2) is 97.1 Å². The van der Waals surface area contributed by atoms with Crippen LogP contribution < -0.4 is 10.6 Å². The molecule has 70 heavy (non-hydrogen) atoms. The number of hydrogen-bond donors (Lipinski definition) is 2. The van der Waals surface area contributed by atoms with Crippen molar-refractivity contribution in [2.45, 2.75) is 142 Å². The summed E-state index contributed by atoms with van der Waals surface area (Å²) in [5.74, 6) is 3.77. The van der Waals surface area contributed by atoms with Crippen LogP contribution in [-0.2, 0) is 0 Å². The molecule has 6 aromatic rings. The summed E-state index contributed by atoms with van der Waals surface area (Å²) in [6.07, 6.45) is 9.62. The summed E-state index contributed by atoms with van der Waals surface area (Å²) in [4.78, 5) is 26.8. The highest BCUT2D eigenvalue weighted by molar-refractivity contribution is 6.90. The summed E-state index contributed by atoms with van der Waals surface area (Å²) >= 11 is 25.3. The van der Waals surface area contributed by atoms with Gasteiger partial charge in [-0.25, -0.2) is 9.36 Å². The van der Waals surface area contributed by atoms with E-state index >= 15 is 0 Å². The van der Waals surface area contributed by atoms with Crippen LogP contribution in [0.2, 0.25) is 36.7 Å². The van der Waals surface area contributed by atoms with E-state index in [2.05, 4.69) is 68.7 Å². The molecule has 8 nitrogen and oxygen atoms in total. The summed E-state index contributed by atoms with van der Waals surface area (Å²) < 4.78 is 3.51. The first-order valence-electron chi connectivity index (χ1n) is 24.8. The first kappa shape index (κ1) is 53.0. The number of hydrogen-bond acceptors (Lipinski definition) is 4. The lowest BCUT2D eigenvalue weighted by atomic mass is 9.86. The van der Waals surface area contributed by atoms with Gasteiger partial charge in [0.2, 0.25) is 0 Å². The number of rotatable bonds is 11. The molecule has 2 unspecified atom stereocenters. The van der Waals surface area contributed by atoms with E-state index in [0.717, 1.165) is 85.0 Å². The number of carbonyl (C=O) groups excluding carboxylic acids is 2. The van der Waals surface area contributed by atoms with E-state index in [4.69, 9.17) is 51.5 Å². The zero-order chi connectivity index (χ0) is 50.3. The largest absolute Gasteiger partial charge is 0.348 e. The van der Waals surface area contributed by atoms with Crippen LogP contribution in [0.3, 0.4) is 0 Å². The smallest absolute Gasteiger partial charge is 0.272 e. The van der Waals surface area contributed by atoms with Gasteiger partial charge in [-0.3, -0.25) is 9.59 Å². The number of nitrogens with one attached hydrogen (secondary N) is 2. The Hall–Kier alpha value is -4.82. The Morgan fingerprint density at radius 2 is 1.01 bits per heavy atom. The molecule has 0 spiro atoms. The van der Waals surface area contributed by atoms with Gasteiger partial charge in [-0.15, -0.1) is 11.5 Å². The molecule has 2 aliphatic rings. The van der Waals surface area contributed by atoms with E-state index in [1.54, 1.807) is 33.6 Å². The monoisotopic (exact) mass is 1030 g/mol. The number of benzene rings is 4. The van der Waals surface area contributed by atoms with Crippen LogP contribution in [0.1, 0.15) is 131 Å². The Labute approximate surface area is 436 Å². The molecule has 0 radical (unpaired) electrons. The van der Waals surface area contributed by atoms with Crippen molar-refractivity contribution in [2.75, 3.05) is 0 Å². The van der Waals surface area contributed by atoms with Crippen molar-refractivity contribution in [1.82, 2.24) is 30.2 Å². The molecule has 13 heteroatoms. The summed E-state index contributed by atoms with van der Waals surface area (Å²) in [5.41, 5.74) is 13.2. The number of amides is 2. The predicted octanol–water partition coefficient (Wildman–Crippen LogP) is 15.9. The third kappa shape index (κ3) is 11.9. The molecule has 2 heterocycles. The van der Waals surface area contributed by atoms with Crippen LogP contribution in [0, 0.1) is 31.2 Å². The standard InChI is InChI=1S/C34H43Cl2N3OSi.C23H23Cl2N3O/c1-22(2)41(23(3)4,24(5)6)19-18-26-12-11-15-29(20-26)37-34(40)32-25(7)33(27-13-9-8-10-14-27)39(38-32)31-17-16-28(35)21-30(31)36;1-15-21(23(29)26-18-10-6-3-7-11-18)27-28(20-13-12-17(24)14-19(20)25)22(15)16-8-4-2-5-9-16/h8-10,13-14,16-17,21-24,26,29H,11-12,15,20H2,1-7H3,(H,37,40);2,4-5,8-9,12-14,18H,3,6-7,10-11H2,1H3,(H,26,29). The minimum Gasteiger partial charge on any atom is -0.348 e. The zero-order valence-electron chi connectivity index (χ0n) is 41.7. The van der Waals surface area contributed by atoms with Crippen molar-refractivity contribution < 1.29 is 9.59 Å². The highest BCUT2D eigenvalue weighted by Gasteiger charge is 2.42. The fraction of sp³-hybridized carbons (Fsp3) is 0.404. The maximum atomic E-state index is 13.7. The zero-order valence-corrected chi connectivity index (χ0v) is 45.7. The average Bonchev–Trinajstić information content (AvgIpc) is 3.86. The van der Waals surface area contributed by atoms with Gasteiger partial charge in [0, 0.05) is 50.3 Å². The van der Waals surface area contributed by atoms with Gasteiger partial charge in [-0.05, 0) is 99.0 Å². The van der Waals surface area contributed by atoms with Gasteiger partial charge < -0.3 is 10.6 Å². The fourth-order valence-electron chi connectivity index (χ4n) is 10.8. The molecule has 2 aliphatic carbocycles. The molecule has 2 N–H and O–H groups in total. The molecule has 0 bridgehead atoms. The van der Waals surface area contributed by atoms with Gasteiger partial charge in [0.15, 0.2) is 11.4 Å². The molecule has 8 rings (SSSR count). The number of aromatic nitrogens is 4. The van der Waals surface area contributed by atoms with Crippen molar-refractivity contribution in [2.24, 2.45) is 5.92 Å². The summed E-state index contributed by atoms with van der Waals surface area (Å²) in [6, 6.07) is 30.8. The van der Waals surface area contributed by atoms with Crippen LogP contribution >= 0.6 is 46.4 Å². The molecule has 368 valence electrons. The summed E-state index contributed by atoms with van der Waals surface area (Å²) in [6.45, 7) is 18.0. The fourth-order valence-corrected chi connectivity index (χ4v) is 17.1. The second kappa shape index (κ2) is 23.6. The Morgan fingerprint density at radius 3 is 1.44 bits per heavy atom. The van der Waals surface area contributed by atoms with E-state index in [1.165, 1.54) is 6.42 Å². The van der Waals surface area contributed by atoms with E-state index < -0.39 is 8.07 Å². The van der Waals surface area contributed by atoms with Gasteiger partial charge in [0.05, 0.1) is 32.8 Å². The normalized spacial score (nSPS) is 16.4. The molecule has 0 saturated heterocycles. The molecule has 2 aromatic heterocycles. The molecule has 2 atom stereocenters. The van der Waals surface area contributed by atoms with E-state index in [-0.39, 0.29) is 23.9 Å². The predicted molar refractivity (Wildman–Crippen MR) is 294 cm³/mol. The van der Waals surface area contributed by atoms with Gasteiger partial charge in [-0.2, -0.15) is 10.2 Å². The van der Waals surface area contributed by atoms with Crippen LogP contribution in [-0.4, -0.2) is 51.5 Å². The van der Waals surface area contributed by atoms with Crippen LogP contribution in [0.5, 0.6) is 0 Å². The number of nitrogens with zero attached hydrogens (tertiary/aromatic N) is 4. The third-order valence-electron chi connectivity index (χ3n) is 14.4. The minimum atomic E-state index is -1.78. The van der Waals surface area contributed by atoms with Crippen LogP contribution in [0.25, 0.3) is 33.9 Å². The van der Waals surface area contributed by atoms with Crippen molar-refractivity contribution >= 4 is 66.3 Å². The Kier molecular flexibility index (Phi) is 17.9. The van der Waals surface area contributed by atoms with E-state index in [0.29, 0.717) is 65.4 Å². The second-order valence-corrected chi connectivity index (χ2v) is 27.2. The SMILES string of the molecule is Cc1c(C(=O)NC2CCCC(C#C[Si](C(C)C)(C(C)C)C(C)C)C2)nn(-c2ccc(Cl)cc2Cl)c1-c1ccccc1.Cc1c(C(=O)NC2CCCCC2)nn(-c2ccc(Cl)cc2Cl)c1-c1ccccc1. The number of halogens is 4. The Morgan fingerprint density at radius 1 is 0.586 bits per heavy atom. The quantitative estimate of drug-likeness (QED) is 0.0998. The maximum absolute atomic E-state index is 13.7. The molecular formula is C57H66Cl4N6O2Si. The first-order chi connectivity index (χ1) is 33.5. The Bertz CT molecular complexity index is 2820. The van der Waals surface area contributed by atoms with Crippen LogP contribution in [0.4, 0.5) is 0 Å². The number of carbonyl (C=O) groups is 2. The molecule has 2 fully saturated rings. The molecular weight excluding hydrogens is 971 g/mol. The van der Waals surface area contributed by atoms with Gasteiger partial charge >= 0.3 is 0 Å². The summed E-state index contributed by atoms with van der Waals surface area (Å²) in [7, 11) is -1.78. The topological polar surface area (TPSA) is 93.8 Å². The Balaban J connectivity index is 0.000000218. The third-order valence-corrected chi connectivity index (χ3v) is 21.7. The summed E-state index contributed by atoms with van der Waals surface area (Å²) in [5, 5.41) is 18.0. The maximum Gasteiger partial charge on any atom is 0.272 e. The van der Waals surface area contributed by atoms with Gasteiger partial charge in [0.1, 0.15) is 8.07 Å². The second-order valence-electron chi connectivity index (χ2n) is 19.9. The van der Waals surface area contributed by atoms with Gasteiger partial charge in [0.25, 0.3) is 11.8 Å². The average molecular weight is 1040 g/mol. The highest BCUT2D eigenvalue weighted by Crippen LogP contribution is 2.41. The van der Waals surface area contributed by atoms with E-state index in [9.17, 15) is 9.59 Å². The van der Waals surface area contributed by atoms with E-state index in [1.807, 2.05) is 86.6 Å². The van der Waals surface area contributed by atoms with Crippen molar-refractivity contribution in [3.8, 4) is 45.4 Å². The van der Waals surface area contributed by atoms with Crippen molar-refractivity contribution in [3.63, 3.8) is 0 Å².